The van der Waals surface area contributed by atoms with E-state index in [0.717, 1.165) is 25.9 Å². The minimum Gasteiger partial charge on any atom is -0.317 e. The van der Waals surface area contributed by atoms with Crippen molar-refractivity contribution in [3.63, 3.8) is 0 Å². The average molecular weight is 209 g/mol. The Morgan fingerprint density at radius 3 is 2.53 bits per heavy atom. The van der Waals surface area contributed by atoms with Crippen LogP contribution in [-0.4, -0.2) is 22.2 Å². The van der Waals surface area contributed by atoms with Gasteiger partial charge in [-0.25, -0.2) is 4.79 Å². The van der Waals surface area contributed by atoms with E-state index >= 15 is 0 Å². The van der Waals surface area contributed by atoms with E-state index in [1.165, 1.54) is 0 Å². The van der Waals surface area contributed by atoms with Gasteiger partial charge in [0.05, 0.1) is 0 Å². The number of hydrogen-bond acceptors (Lipinski definition) is 2. The second kappa shape index (κ2) is 4.23. The van der Waals surface area contributed by atoms with Crippen LogP contribution in [-0.2, 0) is 0 Å². The first-order valence-electron chi connectivity index (χ1n) is 5.70. The molecule has 0 aromatic carbocycles. The fourth-order valence-corrected chi connectivity index (χ4v) is 2.16. The molecule has 0 amide bonds. The van der Waals surface area contributed by atoms with Gasteiger partial charge in [-0.05, 0) is 39.8 Å². The SMILES string of the molecule is CC(C)n1ccn(C2CCNCC2)c1=O. The van der Waals surface area contributed by atoms with Crippen LogP contribution in [0.5, 0.6) is 0 Å². The summed E-state index contributed by atoms with van der Waals surface area (Å²) in [6.07, 6.45) is 5.94. The van der Waals surface area contributed by atoms with Crippen molar-refractivity contribution in [2.24, 2.45) is 0 Å². The summed E-state index contributed by atoms with van der Waals surface area (Å²) in [4.78, 5) is 12.0. The van der Waals surface area contributed by atoms with Crippen molar-refractivity contribution in [1.82, 2.24) is 14.5 Å². The molecule has 1 aromatic heterocycles. The molecule has 1 saturated heterocycles. The third kappa shape index (κ3) is 2.00. The summed E-state index contributed by atoms with van der Waals surface area (Å²) in [5, 5.41) is 3.31. The van der Waals surface area contributed by atoms with Crippen LogP contribution in [0.1, 0.15) is 38.8 Å². The Labute approximate surface area is 89.9 Å². The lowest BCUT2D eigenvalue weighted by Gasteiger charge is -2.23. The summed E-state index contributed by atoms with van der Waals surface area (Å²) in [6.45, 7) is 6.11. The van der Waals surface area contributed by atoms with E-state index in [1.54, 1.807) is 4.57 Å². The molecule has 1 aromatic rings. The maximum absolute atomic E-state index is 12.0. The van der Waals surface area contributed by atoms with Crippen LogP contribution >= 0.6 is 0 Å². The molecule has 0 aliphatic carbocycles. The maximum atomic E-state index is 12.0. The number of rotatable bonds is 2. The molecule has 2 rings (SSSR count). The van der Waals surface area contributed by atoms with Crippen LogP contribution in [0.25, 0.3) is 0 Å². The summed E-state index contributed by atoms with van der Waals surface area (Å²) < 4.78 is 3.68. The molecule has 1 aliphatic rings. The summed E-state index contributed by atoms with van der Waals surface area (Å²) in [6, 6.07) is 0.638. The molecule has 4 nitrogen and oxygen atoms in total. The zero-order valence-corrected chi connectivity index (χ0v) is 9.44. The third-order valence-electron chi connectivity index (χ3n) is 3.09. The molecule has 0 unspecified atom stereocenters. The third-order valence-corrected chi connectivity index (χ3v) is 3.09. The Morgan fingerprint density at radius 1 is 1.33 bits per heavy atom. The number of aromatic nitrogens is 2. The van der Waals surface area contributed by atoms with Gasteiger partial charge in [0, 0.05) is 24.5 Å². The van der Waals surface area contributed by atoms with Crippen molar-refractivity contribution in [2.75, 3.05) is 13.1 Å². The van der Waals surface area contributed by atoms with Gasteiger partial charge in [-0.1, -0.05) is 0 Å². The highest BCUT2D eigenvalue weighted by Gasteiger charge is 2.17. The number of imidazole rings is 1. The van der Waals surface area contributed by atoms with E-state index in [0.29, 0.717) is 6.04 Å². The summed E-state index contributed by atoms with van der Waals surface area (Å²) in [5.74, 6) is 0. The molecule has 1 fully saturated rings. The van der Waals surface area contributed by atoms with E-state index in [2.05, 4.69) is 5.32 Å². The zero-order chi connectivity index (χ0) is 10.8. The highest BCUT2D eigenvalue weighted by atomic mass is 16.1. The number of hydrogen-bond donors (Lipinski definition) is 1. The Balaban J connectivity index is 2.24. The smallest absolute Gasteiger partial charge is 0.317 e. The van der Waals surface area contributed by atoms with Crippen molar-refractivity contribution in [2.45, 2.75) is 38.8 Å². The molecule has 84 valence electrons. The lowest BCUT2D eigenvalue weighted by Crippen LogP contribution is -2.35. The molecule has 15 heavy (non-hydrogen) atoms. The predicted molar refractivity (Wildman–Crippen MR) is 60.2 cm³/mol. The van der Waals surface area contributed by atoms with Gasteiger partial charge in [-0.3, -0.25) is 9.13 Å². The molecule has 1 N–H and O–H groups in total. The Morgan fingerprint density at radius 2 is 2.00 bits per heavy atom. The van der Waals surface area contributed by atoms with Crippen molar-refractivity contribution < 1.29 is 0 Å². The summed E-state index contributed by atoms with van der Waals surface area (Å²) in [5.41, 5.74) is 0.136. The monoisotopic (exact) mass is 209 g/mol. The predicted octanol–water partition coefficient (Wildman–Crippen LogP) is 1.16. The first-order chi connectivity index (χ1) is 7.20. The van der Waals surface area contributed by atoms with E-state index in [9.17, 15) is 4.79 Å². The van der Waals surface area contributed by atoms with Gasteiger partial charge in [0.1, 0.15) is 0 Å². The fraction of sp³-hybridized carbons (Fsp3) is 0.727. The molecule has 4 heteroatoms. The van der Waals surface area contributed by atoms with Gasteiger partial charge in [0.15, 0.2) is 0 Å². The van der Waals surface area contributed by atoms with Crippen molar-refractivity contribution in [3.05, 3.63) is 22.9 Å². The van der Waals surface area contributed by atoms with Crippen LogP contribution in [0, 0.1) is 0 Å². The molecule has 0 saturated carbocycles. The number of nitrogens with zero attached hydrogens (tertiary/aromatic N) is 2. The van der Waals surface area contributed by atoms with E-state index in [4.69, 9.17) is 0 Å². The highest BCUT2D eigenvalue weighted by Crippen LogP contribution is 2.16. The number of nitrogens with one attached hydrogen (secondary N) is 1. The topological polar surface area (TPSA) is 39.0 Å². The van der Waals surface area contributed by atoms with E-state index in [1.807, 2.05) is 30.8 Å². The standard InChI is InChI=1S/C11H19N3O/c1-9(2)13-7-8-14(11(13)15)10-3-5-12-6-4-10/h7-10,12H,3-6H2,1-2H3. The van der Waals surface area contributed by atoms with Gasteiger partial charge in [0.2, 0.25) is 0 Å². The first kappa shape index (κ1) is 10.5. The summed E-state index contributed by atoms with van der Waals surface area (Å²) in [7, 11) is 0. The fourth-order valence-electron chi connectivity index (χ4n) is 2.16. The van der Waals surface area contributed by atoms with Crippen molar-refractivity contribution >= 4 is 0 Å². The van der Waals surface area contributed by atoms with Crippen LogP contribution in [0.3, 0.4) is 0 Å². The lowest BCUT2D eigenvalue weighted by atomic mass is 10.1. The van der Waals surface area contributed by atoms with Crippen molar-refractivity contribution in [3.8, 4) is 0 Å². The Hall–Kier alpha value is -1.03. The maximum Gasteiger partial charge on any atom is 0.328 e. The second-order valence-electron chi connectivity index (χ2n) is 4.47. The molecular weight excluding hydrogens is 190 g/mol. The molecule has 0 atom stereocenters. The van der Waals surface area contributed by atoms with Crippen LogP contribution in [0.4, 0.5) is 0 Å². The van der Waals surface area contributed by atoms with E-state index < -0.39 is 0 Å². The molecule has 0 bridgehead atoms. The summed E-state index contributed by atoms with van der Waals surface area (Å²) >= 11 is 0. The lowest BCUT2D eigenvalue weighted by molar-refractivity contribution is 0.356. The van der Waals surface area contributed by atoms with E-state index in [-0.39, 0.29) is 11.7 Å². The molecular formula is C11H19N3O. The molecule has 0 spiro atoms. The van der Waals surface area contributed by atoms with Crippen LogP contribution in [0.15, 0.2) is 17.2 Å². The van der Waals surface area contributed by atoms with Crippen molar-refractivity contribution in [1.29, 1.82) is 0 Å². The van der Waals surface area contributed by atoms with Gasteiger partial charge in [-0.15, -0.1) is 0 Å². The second-order valence-corrected chi connectivity index (χ2v) is 4.47. The quantitative estimate of drug-likeness (QED) is 0.793. The van der Waals surface area contributed by atoms with Crippen LogP contribution in [0.2, 0.25) is 0 Å². The zero-order valence-electron chi connectivity index (χ0n) is 9.44. The first-order valence-corrected chi connectivity index (χ1v) is 5.70. The largest absolute Gasteiger partial charge is 0.328 e. The number of piperidine rings is 1. The normalized spacial score (nSPS) is 18.6. The minimum absolute atomic E-state index is 0.136. The molecule has 1 aliphatic heterocycles. The van der Waals surface area contributed by atoms with Gasteiger partial charge in [0.25, 0.3) is 0 Å². The molecule has 0 radical (unpaired) electrons. The highest BCUT2D eigenvalue weighted by molar-refractivity contribution is 4.88. The minimum atomic E-state index is 0.136. The van der Waals surface area contributed by atoms with Crippen LogP contribution < -0.4 is 11.0 Å². The Bertz CT molecular complexity index is 371. The Kier molecular flexibility index (Phi) is 2.95. The van der Waals surface area contributed by atoms with Gasteiger partial charge in [-0.2, -0.15) is 0 Å². The molecule has 2 heterocycles. The average Bonchev–Trinajstić information content (AvgIpc) is 2.61. The van der Waals surface area contributed by atoms with Gasteiger partial charge >= 0.3 is 5.69 Å². The van der Waals surface area contributed by atoms with Gasteiger partial charge < -0.3 is 5.32 Å².